The van der Waals surface area contributed by atoms with Gasteiger partial charge in [0.2, 0.25) is 5.90 Å². The molecule has 0 fully saturated rings. The Bertz CT molecular complexity index is 1490. The first-order chi connectivity index (χ1) is 20.9. The molecule has 0 aromatic heterocycles. The van der Waals surface area contributed by atoms with Crippen molar-refractivity contribution in [3.8, 4) is 5.75 Å². The van der Waals surface area contributed by atoms with Gasteiger partial charge in [0.1, 0.15) is 11.4 Å². The number of amides is 1. The van der Waals surface area contributed by atoms with Crippen molar-refractivity contribution in [3.63, 3.8) is 0 Å². The lowest BCUT2D eigenvalue weighted by molar-refractivity contribution is -0.155. The number of aliphatic hydroxyl groups excluding tert-OH is 1. The average Bonchev–Trinajstić information content (AvgIpc) is 3.36. The molecule has 0 saturated heterocycles. The number of carbonyl (C=O) groups is 2. The summed E-state index contributed by atoms with van der Waals surface area (Å²) in [6.07, 6.45) is -0.385. The molecule has 1 aliphatic rings. The van der Waals surface area contributed by atoms with Crippen LogP contribution < -0.4 is 10.1 Å². The molecular weight excluding hydrogens is 671 g/mol. The first-order valence-corrected chi connectivity index (χ1v) is 15.8. The van der Waals surface area contributed by atoms with Crippen LogP contribution in [-0.2, 0) is 25.6 Å². The molecular formula is C33H35BrCl2N2O6. The topological polar surface area (TPSA) is 106 Å². The van der Waals surface area contributed by atoms with Crippen LogP contribution in [0.15, 0.2) is 76.2 Å². The number of hydrogen-bond acceptors (Lipinski definition) is 7. The fraction of sp³-hybridized carbons (Fsp3) is 0.364. The smallest absolute Gasteiger partial charge is 0.306 e. The molecule has 11 heteroatoms. The van der Waals surface area contributed by atoms with Gasteiger partial charge in [0.05, 0.1) is 6.61 Å². The Kier molecular flexibility index (Phi) is 11.3. The SMILES string of the molecule is CC(C)(C)OC(=O)CC[C@@]1(C(=O)NCc2ccc(Cl)cc2Cl)N=C(c2ccc(OCCCO)cc2)O[C@@H]1c1ccc(Br)cc1. The van der Waals surface area contributed by atoms with E-state index in [-0.39, 0.29) is 31.9 Å². The summed E-state index contributed by atoms with van der Waals surface area (Å²) >= 11 is 15.9. The second-order valence-electron chi connectivity index (χ2n) is 11.3. The number of halogens is 3. The Morgan fingerprint density at radius 1 is 1.07 bits per heavy atom. The number of carbonyl (C=O) groups excluding carboxylic acids is 2. The Labute approximate surface area is 275 Å². The highest BCUT2D eigenvalue weighted by molar-refractivity contribution is 9.10. The van der Waals surface area contributed by atoms with Crippen LogP contribution in [-0.4, -0.2) is 47.2 Å². The molecule has 3 aromatic rings. The Hall–Kier alpha value is -3.11. The average molecular weight is 706 g/mol. The number of hydrogen-bond donors (Lipinski definition) is 2. The van der Waals surface area contributed by atoms with Crippen LogP contribution in [0.3, 0.4) is 0 Å². The van der Waals surface area contributed by atoms with E-state index in [1.807, 2.05) is 24.3 Å². The van der Waals surface area contributed by atoms with Crippen LogP contribution in [0, 0.1) is 0 Å². The Balaban J connectivity index is 1.72. The zero-order chi connectivity index (χ0) is 31.9. The maximum atomic E-state index is 14.3. The summed E-state index contributed by atoms with van der Waals surface area (Å²) in [6.45, 7) is 5.91. The van der Waals surface area contributed by atoms with Crippen LogP contribution in [0.2, 0.25) is 10.0 Å². The predicted molar refractivity (Wildman–Crippen MR) is 174 cm³/mol. The third-order valence-corrected chi connectivity index (χ3v) is 7.90. The molecule has 0 radical (unpaired) electrons. The number of aliphatic hydroxyl groups is 1. The van der Waals surface area contributed by atoms with Crippen molar-refractivity contribution < 1.29 is 28.9 Å². The highest BCUT2D eigenvalue weighted by Gasteiger charge is 2.53. The summed E-state index contributed by atoms with van der Waals surface area (Å²) in [6, 6.07) is 19.6. The van der Waals surface area contributed by atoms with Crippen molar-refractivity contribution in [2.45, 2.75) is 63.8 Å². The maximum Gasteiger partial charge on any atom is 0.306 e. The minimum atomic E-state index is -1.52. The van der Waals surface area contributed by atoms with Gasteiger partial charge in [-0.15, -0.1) is 0 Å². The number of ether oxygens (including phenoxy) is 3. The zero-order valence-corrected chi connectivity index (χ0v) is 27.8. The van der Waals surface area contributed by atoms with Gasteiger partial charge in [-0.2, -0.15) is 0 Å². The number of aliphatic imine (C=N–C) groups is 1. The van der Waals surface area contributed by atoms with Crippen LogP contribution in [0.4, 0.5) is 0 Å². The molecule has 0 bridgehead atoms. The van der Waals surface area contributed by atoms with Crippen molar-refractivity contribution in [1.82, 2.24) is 5.32 Å². The molecule has 8 nitrogen and oxygen atoms in total. The van der Waals surface area contributed by atoms with E-state index in [1.165, 1.54) is 0 Å². The van der Waals surface area contributed by atoms with Gasteiger partial charge >= 0.3 is 5.97 Å². The molecule has 2 N–H and O–H groups in total. The van der Waals surface area contributed by atoms with E-state index >= 15 is 0 Å². The normalized spacial score (nSPS) is 17.9. The van der Waals surface area contributed by atoms with E-state index in [9.17, 15) is 9.59 Å². The number of nitrogens with zero attached hydrogens (tertiary/aromatic N) is 1. The van der Waals surface area contributed by atoms with Gasteiger partial charge in [-0.3, -0.25) is 9.59 Å². The van der Waals surface area contributed by atoms with Crippen LogP contribution in [0.5, 0.6) is 5.75 Å². The summed E-state index contributed by atoms with van der Waals surface area (Å²) in [5, 5.41) is 12.9. The fourth-order valence-corrected chi connectivity index (χ4v) is 5.43. The Morgan fingerprint density at radius 3 is 2.41 bits per heavy atom. The van der Waals surface area contributed by atoms with E-state index in [0.717, 1.165) is 4.47 Å². The second-order valence-corrected chi connectivity index (χ2v) is 13.1. The van der Waals surface area contributed by atoms with Gasteiger partial charge in [-0.1, -0.05) is 57.3 Å². The summed E-state index contributed by atoms with van der Waals surface area (Å²) in [5.41, 5.74) is -0.194. The third kappa shape index (κ3) is 8.75. The molecule has 44 heavy (non-hydrogen) atoms. The molecule has 3 aromatic carbocycles. The standard InChI is InChI=1S/C33H35BrCl2N2O6/c1-32(2,3)44-28(40)15-16-33(31(41)37-20-23-7-12-25(35)19-27(23)36)29(21-5-10-24(34)11-6-21)43-30(38-33)22-8-13-26(14-9-22)42-18-4-17-39/h5-14,19,29,39H,4,15-18,20H2,1-3H3,(H,37,41)/t29-,33-/m1/s1. The van der Waals surface area contributed by atoms with Crippen molar-refractivity contribution in [1.29, 1.82) is 0 Å². The largest absolute Gasteiger partial charge is 0.494 e. The highest BCUT2D eigenvalue weighted by Crippen LogP contribution is 2.44. The molecule has 1 heterocycles. The van der Waals surface area contributed by atoms with E-state index in [2.05, 4.69) is 21.2 Å². The predicted octanol–water partition coefficient (Wildman–Crippen LogP) is 7.21. The van der Waals surface area contributed by atoms with Gasteiger partial charge in [0.25, 0.3) is 5.91 Å². The molecule has 1 aliphatic heterocycles. The zero-order valence-electron chi connectivity index (χ0n) is 24.7. The van der Waals surface area contributed by atoms with Gasteiger partial charge in [-0.25, -0.2) is 4.99 Å². The quantitative estimate of drug-likeness (QED) is 0.152. The lowest BCUT2D eigenvalue weighted by Gasteiger charge is -2.31. The number of nitrogens with one attached hydrogen (secondary N) is 1. The van der Waals surface area contributed by atoms with Crippen LogP contribution >= 0.6 is 39.1 Å². The molecule has 0 saturated carbocycles. The van der Waals surface area contributed by atoms with E-state index < -0.39 is 29.1 Å². The molecule has 1 amide bonds. The second kappa shape index (κ2) is 14.8. The van der Waals surface area contributed by atoms with Gasteiger partial charge in [0, 0.05) is 46.1 Å². The fourth-order valence-electron chi connectivity index (χ4n) is 4.69. The summed E-state index contributed by atoms with van der Waals surface area (Å²) < 4.78 is 18.6. The minimum Gasteiger partial charge on any atom is -0.494 e. The summed E-state index contributed by atoms with van der Waals surface area (Å²) in [4.78, 5) is 32.1. The molecule has 0 spiro atoms. The summed E-state index contributed by atoms with van der Waals surface area (Å²) in [5.74, 6) is -0.00492. The van der Waals surface area contributed by atoms with E-state index in [4.69, 9.17) is 47.5 Å². The van der Waals surface area contributed by atoms with Crippen LogP contribution in [0.25, 0.3) is 0 Å². The van der Waals surface area contributed by atoms with Crippen LogP contribution in [0.1, 0.15) is 62.8 Å². The molecule has 0 unspecified atom stereocenters. The first kappa shape index (κ1) is 33.8. The monoisotopic (exact) mass is 704 g/mol. The highest BCUT2D eigenvalue weighted by atomic mass is 79.9. The van der Waals surface area contributed by atoms with Gasteiger partial charge < -0.3 is 24.6 Å². The minimum absolute atomic E-state index is 0.0225. The molecule has 234 valence electrons. The molecule has 2 atom stereocenters. The lowest BCUT2D eigenvalue weighted by atomic mass is 9.83. The molecule has 4 rings (SSSR count). The van der Waals surface area contributed by atoms with E-state index in [0.29, 0.717) is 45.5 Å². The van der Waals surface area contributed by atoms with Gasteiger partial charge in [0.15, 0.2) is 11.6 Å². The lowest BCUT2D eigenvalue weighted by Crippen LogP contribution is -2.48. The number of rotatable bonds is 12. The Morgan fingerprint density at radius 2 is 1.77 bits per heavy atom. The first-order valence-electron chi connectivity index (χ1n) is 14.2. The van der Waals surface area contributed by atoms with Crippen molar-refractivity contribution in [2.75, 3.05) is 13.2 Å². The number of esters is 1. The maximum absolute atomic E-state index is 14.3. The van der Waals surface area contributed by atoms with Crippen molar-refractivity contribution in [2.24, 2.45) is 4.99 Å². The van der Waals surface area contributed by atoms with Gasteiger partial charge in [-0.05, 0) is 86.8 Å². The molecule has 0 aliphatic carbocycles. The van der Waals surface area contributed by atoms with Crippen molar-refractivity contribution in [3.05, 3.63) is 97.9 Å². The van der Waals surface area contributed by atoms with E-state index in [1.54, 1.807) is 63.2 Å². The number of benzene rings is 3. The summed E-state index contributed by atoms with van der Waals surface area (Å²) in [7, 11) is 0. The third-order valence-electron chi connectivity index (χ3n) is 6.79. The van der Waals surface area contributed by atoms with Crippen molar-refractivity contribution >= 4 is 56.9 Å².